The third-order valence-corrected chi connectivity index (χ3v) is 4.41. The molecule has 0 amide bonds. The number of hydrogen-bond donors (Lipinski definition) is 1. The lowest BCUT2D eigenvalue weighted by molar-refractivity contribution is 0.199. The van der Waals surface area contributed by atoms with E-state index in [4.69, 9.17) is 0 Å². The first-order valence-electron chi connectivity index (χ1n) is 7.59. The zero-order chi connectivity index (χ0) is 14.8. The lowest BCUT2D eigenvalue weighted by atomic mass is 9.75. The molecule has 3 heteroatoms. The maximum atomic E-state index is 13.7. The first-order valence-corrected chi connectivity index (χ1v) is 7.59. The van der Waals surface area contributed by atoms with Gasteiger partial charge in [0.2, 0.25) is 0 Å². The second-order valence-electron chi connectivity index (χ2n) is 6.98. The molecule has 1 saturated heterocycles. The molecule has 2 nitrogen and oxygen atoms in total. The van der Waals surface area contributed by atoms with Crippen LogP contribution in [0.4, 0.5) is 10.1 Å². The average molecular weight is 278 g/mol. The summed E-state index contributed by atoms with van der Waals surface area (Å²) >= 11 is 0. The van der Waals surface area contributed by atoms with E-state index in [0.717, 1.165) is 30.3 Å². The van der Waals surface area contributed by atoms with Crippen LogP contribution < -0.4 is 10.2 Å². The number of benzene rings is 1. The van der Waals surface area contributed by atoms with E-state index in [2.05, 4.69) is 37.1 Å². The van der Waals surface area contributed by atoms with Crippen molar-refractivity contribution in [2.75, 3.05) is 25.0 Å². The minimum atomic E-state index is -0.134. The Morgan fingerprint density at radius 2 is 1.85 bits per heavy atom. The van der Waals surface area contributed by atoms with Crippen LogP contribution in [0.1, 0.15) is 39.2 Å². The van der Waals surface area contributed by atoms with Crippen molar-refractivity contribution >= 4 is 5.69 Å². The van der Waals surface area contributed by atoms with Crippen LogP contribution in [-0.2, 0) is 6.54 Å². The molecule has 0 bridgehead atoms. The van der Waals surface area contributed by atoms with Crippen LogP contribution in [0.5, 0.6) is 0 Å². The smallest absolute Gasteiger partial charge is 0.125 e. The van der Waals surface area contributed by atoms with E-state index in [9.17, 15) is 4.39 Å². The largest absolute Gasteiger partial charge is 0.371 e. The molecule has 20 heavy (non-hydrogen) atoms. The lowest BCUT2D eigenvalue weighted by Crippen LogP contribution is -2.38. The SMILES string of the molecule is CNCc1cc(F)cc(N2CCC(C(C)(C)C)CC2)c1. The summed E-state index contributed by atoms with van der Waals surface area (Å²) in [5, 5.41) is 3.08. The van der Waals surface area contributed by atoms with E-state index < -0.39 is 0 Å². The van der Waals surface area contributed by atoms with Gasteiger partial charge >= 0.3 is 0 Å². The van der Waals surface area contributed by atoms with Crippen LogP contribution in [0.3, 0.4) is 0 Å². The summed E-state index contributed by atoms with van der Waals surface area (Å²) in [5.74, 6) is 0.634. The molecule has 1 aromatic carbocycles. The molecule has 0 atom stereocenters. The molecular weight excluding hydrogens is 251 g/mol. The number of piperidine rings is 1. The zero-order valence-electron chi connectivity index (χ0n) is 13.2. The Bertz CT molecular complexity index is 443. The summed E-state index contributed by atoms with van der Waals surface area (Å²) < 4.78 is 13.7. The minimum Gasteiger partial charge on any atom is -0.371 e. The normalized spacial score (nSPS) is 17.6. The van der Waals surface area contributed by atoms with Gasteiger partial charge in [0.25, 0.3) is 0 Å². The van der Waals surface area contributed by atoms with Crippen molar-refractivity contribution in [3.63, 3.8) is 0 Å². The van der Waals surface area contributed by atoms with Gasteiger partial charge in [0.15, 0.2) is 0 Å². The van der Waals surface area contributed by atoms with Crippen molar-refractivity contribution in [2.45, 2.75) is 40.2 Å². The first kappa shape index (κ1) is 15.3. The number of halogens is 1. The van der Waals surface area contributed by atoms with Crippen molar-refractivity contribution in [3.05, 3.63) is 29.6 Å². The minimum absolute atomic E-state index is 0.134. The molecule has 0 spiro atoms. The van der Waals surface area contributed by atoms with Gasteiger partial charge in [-0.15, -0.1) is 0 Å². The molecular formula is C17H27FN2. The summed E-state index contributed by atoms with van der Waals surface area (Å²) in [6.07, 6.45) is 2.39. The van der Waals surface area contributed by atoms with Gasteiger partial charge in [0, 0.05) is 25.3 Å². The standard InChI is InChI=1S/C17H27FN2/c1-17(2,3)14-5-7-20(8-6-14)16-10-13(12-19-4)9-15(18)11-16/h9-11,14,19H,5-8,12H2,1-4H3. The number of hydrogen-bond acceptors (Lipinski definition) is 2. The van der Waals surface area contributed by atoms with Gasteiger partial charge in [-0.2, -0.15) is 0 Å². The molecule has 1 aliphatic heterocycles. The molecule has 1 fully saturated rings. The summed E-state index contributed by atoms with van der Waals surface area (Å²) in [5.41, 5.74) is 2.42. The molecule has 1 aliphatic rings. The van der Waals surface area contributed by atoms with E-state index in [1.54, 1.807) is 12.1 Å². The molecule has 1 heterocycles. The van der Waals surface area contributed by atoms with Crippen LogP contribution in [0.2, 0.25) is 0 Å². The third kappa shape index (κ3) is 3.72. The van der Waals surface area contributed by atoms with Crippen LogP contribution in [0.25, 0.3) is 0 Å². The topological polar surface area (TPSA) is 15.3 Å². The van der Waals surface area contributed by atoms with Gasteiger partial charge in [-0.05, 0) is 55.0 Å². The highest BCUT2D eigenvalue weighted by atomic mass is 19.1. The number of rotatable bonds is 3. The van der Waals surface area contributed by atoms with Gasteiger partial charge in [-0.25, -0.2) is 4.39 Å². The molecule has 0 aliphatic carbocycles. The fraction of sp³-hybridized carbons (Fsp3) is 0.647. The predicted octanol–water partition coefficient (Wildman–Crippen LogP) is 3.81. The fourth-order valence-electron chi connectivity index (χ4n) is 3.13. The highest BCUT2D eigenvalue weighted by Gasteiger charge is 2.28. The van der Waals surface area contributed by atoms with E-state index in [1.807, 2.05) is 7.05 Å². The second-order valence-corrected chi connectivity index (χ2v) is 6.98. The van der Waals surface area contributed by atoms with Crippen LogP contribution >= 0.6 is 0 Å². The van der Waals surface area contributed by atoms with E-state index in [-0.39, 0.29) is 5.82 Å². The van der Waals surface area contributed by atoms with E-state index >= 15 is 0 Å². The monoisotopic (exact) mass is 278 g/mol. The van der Waals surface area contributed by atoms with Gasteiger partial charge in [-0.3, -0.25) is 0 Å². The highest BCUT2D eigenvalue weighted by molar-refractivity contribution is 5.49. The summed E-state index contributed by atoms with van der Waals surface area (Å²) in [6, 6.07) is 5.38. The van der Waals surface area contributed by atoms with Crippen LogP contribution in [0, 0.1) is 17.2 Å². The quantitative estimate of drug-likeness (QED) is 0.904. The predicted molar refractivity (Wildman–Crippen MR) is 83.6 cm³/mol. The Labute approximate surface area is 122 Å². The van der Waals surface area contributed by atoms with Crippen LogP contribution in [-0.4, -0.2) is 20.1 Å². The van der Waals surface area contributed by atoms with Gasteiger partial charge < -0.3 is 10.2 Å². The molecule has 1 aromatic rings. The van der Waals surface area contributed by atoms with Crippen molar-refractivity contribution in [1.29, 1.82) is 0 Å². The maximum absolute atomic E-state index is 13.7. The number of nitrogens with zero attached hydrogens (tertiary/aromatic N) is 1. The van der Waals surface area contributed by atoms with Crippen molar-refractivity contribution in [3.8, 4) is 0 Å². The molecule has 0 unspecified atom stereocenters. The van der Waals surface area contributed by atoms with E-state index in [1.165, 1.54) is 12.8 Å². The van der Waals surface area contributed by atoms with Crippen LogP contribution in [0.15, 0.2) is 18.2 Å². The van der Waals surface area contributed by atoms with E-state index in [0.29, 0.717) is 12.0 Å². The second kappa shape index (κ2) is 6.13. The fourth-order valence-corrected chi connectivity index (χ4v) is 3.13. The maximum Gasteiger partial charge on any atom is 0.125 e. The van der Waals surface area contributed by atoms with Crippen molar-refractivity contribution < 1.29 is 4.39 Å². The Morgan fingerprint density at radius 3 is 2.40 bits per heavy atom. The zero-order valence-corrected chi connectivity index (χ0v) is 13.2. The summed E-state index contributed by atoms with van der Waals surface area (Å²) in [4.78, 5) is 2.32. The highest BCUT2D eigenvalue weighted by Crippen LogP contribution is 2.35. The molecule has 112 valence electrons. The summed E-state index contributed by atoms with van der Waals surface area (Å²) in [7, 11) is 1.89. The first-order chi connectivity index (χ1) is 9.40. The van der Waals surface area contributed by atoms with Gasteiger partial charge in [-0.1, -0.05) is 20.8 Å². The summed E-state index contributed by atoms with van der Waals surface area (Å²) in [6.45, 7) is 9.74. The number of anilines is 1. The van der Waals surface area contributed by atoms with Crippen molar-refractivity contribution in [1.82, 2.24) is 5.32 Å². The molecule has 2 rings (SSSR count). The number of nitrogens with one attached hydrogen (secondary N) is 1. The molecule has 0 aromatic heterocycles. The average Bonchev–Trinajstić information content (AvgIpc) is 2.37. The Balaban J connectivity index is 2.07. The Kier molecular flexibility index (Phi) is 4.69. The van der Waals surface area contributed by atoms with Gasteiger partial charge in [0.1, 0.15) is 5.82 Å². The Hall–Kier alpha value is -1.09. The molecule has 0 radical (unpaired) electrons. The van der Waals surface area contributed by atoms with Gasteiger partial charge in [0.05, 0.1) is 0 Å². The third-order valence-electron chi connectivity index (χ3n) is 4.41. The molecule has 0 saturated carbocycles. The Morgan fingerprint density at radius 1 is 1.20 bits per heavy atom. The van der Waals surface area contributed by atoms with Crippen molar-refractivity contribution in [2.24, 2.45) is 11.3 Å². The molecule has 1 N–H and O–H groups in total. The lowest BCUT2D eigenvalue weighted by Gasteiger charge is -2.39.